The maximum Gasteiger partial charge on any atom is 1.00 e. The van der Waals surface area contributed by atoms with E-state index in [1.807, 2.05) is 0 Å². The van der Waals surface area contributed by atoms with Crippen molar-refractivity contribution in [3.8, 4) is 6.19 Å². The van der Waals surface area contributed by atoms with Gasteiger partial charge >= 0.3 is 51.4 Å². The summed E-state index contributed by atoms with van der Waals surface area (Å²) in [6.45, 7) is 0. The van der Waals surface area contributed by atoms with Crippen LogP contribution in [0.4, 0.5) is 0 Å². The number of thioether (sulfide) groups is 1. The second-order valence-electron chi connectivity index (χ2n) is 1.35. The molecule has 0 spiro atoms. The minimum atomic E-state index is -0.0889. The van der Waals surface area contributed by atoms with Gasteiger partial charge in [-0.2, -0.15) is 5.26 Å². The first-order valence-electron chi connectivity index (χ1n) is 2.22. The number of nitrogens with one attached hydrogen (secondary N) is 1. The van der Waals surface area contributed by atoms with Gasteiger partial charge in [0.1, 0.15) is 0 Å². The largest absolute Gasteiger partial charge is 1.00 e. The molecule has 1 rings (SSSR count). The van der Waals surface area contributed by atoms with Crippen LogP contribution in [0.3, 0.4) is 0 Å². The average Bonchev–Trinajstić information content (AvgIpc) is 2.17. The maximum atomic E-state index is 10.4. The Morgan fingerprint density at radius 3 is 2.90 bits per heavy atom. The number of carbonyl (C=O) groups excluding carboxylic acids is 1. The second kappa shape index (κ2) is 5.29. The molecule has 0 aliphatic carbocycles. The van der Waals surface area contributed by atoms with Crippen LogP contribution in [0.15, 0.2) is 4.99 Å². The molecule has 0 unspecified atom stereocenters. The number of aliphatic imine (C=N–C) groups is 1. The van der Waals surface area contributed by atoms with Crippen molar-refractivity contribution in [3.05, 3.63) is 0 Å². The number of amides is 1. The van der Waals surface area contributed by atoms with Crippen LogP contribution < -0.4 is 56.7 Å². The summed E-state index contributed by atoms with van der Waals surface area (Å²) < 4.78 is 0. The molecular formula is C4H3KN3OS+. The van der Waals surface area contributed by atoms with Crippen LogP contribution in [0.5, 0.6) is 0 Å². The molecule has 1 saturated heterocycles. The Hall–Kier alpha value is 0.616. The standard InChI is InChI=1S/C4H3N3OS.K/c5-2-6-4-7-3(8)1-9-4;/h1H2,(H,6,7,8);/q;+1. The van der Waals surface area contributed by atoms with Gasteiger partial charge < -0.3 is 5.32 Å². The van der Waals surface area contributed by atoms with Crippen LogP contribution in [0, 0.1) is 11.5 Å². The van der Waals surface area contributed by atoms with Gasteiger partial charge in [0.25, 0.3) is 0 Å². The van der Waals surface area contributed by atoms with Gasteiger partial charge in [0.2, 0.25) is 12.1 Å². The van der Waals surface area contributed by atoms with Crippen molar-refractivity contribution in [2.24, 2.45) is 4.99 Å². The molecule has 1 aliphatic rings. The van der Waals surface area contributed by atoms with Crippen LogP contribution in [0.1, 0.15) is 0 Å². The molecule has 1 N–H and O–H groups in total. The van der Waals surface area contributed by atoms with Crippen LogP contribution in [-0.2, 0) is 4.79 Å². The third-order valence-corrected chi connectivity index (χ3v) is 1.61. The summed E-state index contributed by atoms with van der Waals surface area (Å²) in [4.78, 5) is 13.7. The van der Waals surface area contributed by atoms with Gasteiger partial charge in [-0.3, -0.25) is 4.79 Å². The summed E-state index contributed by atoms with van der Waals surface area (Å²) in [7, 11) is 0. The summed E-state index contributed by atoms with van der Waals surface area (Å²) >= 11 is 1.24. The van der Waals surface area contributed by atoms with Crippen LogP contribution in [0.25, 0.3) is 0 Å². The molecule has 46 valence electrons. The number of amidine groups is 1. The van der Waals surface area contributed by atoms with Crippen molar-refractivity contribution in [1.82, 2.24) is 5.32 Å². The number of hydrogen-bond donors (Lipinski definition) is 1. The topological polar surface area (TPSA) is 65.2 Å². The normalized spacial score (nSPS) is 19.5. The van der Waals surface area contributed by atoms with Gasteiger partial charge in [-0.25, -0.2) is 0 Å². The molecule has 1 aliphatic heterocycles. The summed E-state index contributed by atoms with van der Waals surface area (Å²) in [5.74, 6) is 0.287. The molecule has 1 heterocycles. The van der Waals surface area contributed by atoms with Gasteiger partial charge in [0.15, 0.2) is 5.17 Å². The molecule has 4 nitrogen and oxygen atoms in total. The summed E-state index contributed by atoms with van der Waals surface area (Å²) in [6.07, 6.45) is 1.58. The van der Waals surface area contributed by atoms with E-state index >= 15 is 0 Å². The Morgan fingerprint density at radius 1 is 1.80 bits per heavy atom. The van der Waals surface area contributed by atoms with E-state index in [1.165, 1.54) is 11.8 Å². The first-order valence-corrected chi connectivity index (χ1v) is 3.21. The first kappa shape index (κ1) is 10.6. The summed E-state index contributed by atoms with van der Waals surface area (Å²) in [6, 6.07) is 0. The molecular weight excluding hydrogens is 177 g/mol. The van der Waals surface area contributed by atoms with Crippen LogP contribution >= 0.6 is 11.8 Å². The molecule has 0 aromatic rings. The number of nitriles is 1. The minimum absolute atomic E-state index is 0. The van der Waals surface area contributed by atoms with Crippen molar-refractivity contribution in [3.63, 3.8) is 0 Å². The Balaban J connectivity index is 0.000000810. The predicted molar refractivity (Wildman–Crippen MR) is 33.6 cm³/mol. The van der Waals surface area contributed by atoms with E-state index in [0.29, 0.717) is 10.9 Å². The van der Waals surface area contributed by atoms with Crippen molar-refractivity contribution >= 4 is 22.8 Å². The van der Waals surface area contributed by atoms with Gasteiger partial charge in [-0.05, 0) is 0 Å². The Morgan fingerprint density at radius 2 is 2.50 bits per heavy atom. The monoisotopic (exact) mass is 180 g/mol. The zero-order valence-corrected chi connectivity index (χ0v) is 9.36. The van der Waals surface area contributed by atoms with E-state index in [2.05, 4.69) is 10.3 Å². The SMILES string of the molecule is N#CN=C1NC(=O)CS1.[K+]. The molecule has 10 heavy (non-hydrogen) atoms. The molecule has 6 heteroatoms. The number of rotatable bonds is 0. The number of hydrogen-bond acceptors (Lipinski definition) is 4. The van der Waals surface area contributed by atoms with Crippen LogP contribution in [-0.4, -0.2) is 16.8 Å². The minimum Gasteiger partial charge on any atom is -0.304 e. The average molecular weight is 180 g/mol. The molecule has 0 atom stereocenters. The fraction of sp³-hybridized carbons (Fsp3) is 0.250. The van der Waals surface area contributed by atoms with E-state index in [1.54, 1.807) is 6.19 Å². The summed E-state index contributed by atoms with van der Waals surface area (Å²) in [5, 5.41) is 10.8. The molecule has 0 saturated carbocycles. The molecule has 0 aromatic carbocycles. The van der Waals surface area contributed by atoms with E-state index in [0.717, 1.165) is 0 Å². The Kier molecular flexibility index (Phi) is 5.62. The number of nitrogens with zero attached hydrogens (tertiary/aromatic N) is 2. The van der Waals surface area contributed by atoms with E-state index in [9.17, 15) is 4.79 Å². The Bertz CT molecular complexity index is 209. The Labute approximate surface area is 105 Å². The molecule has 0 bridgehead atoms. The van der Waals surface area contributed by atoms with E-state index in [-0.39, 0.29) is 57.3 Å². The van der Waals surface area contributed by atoms with Gasteiger partial charge in [-0.1, -0.05) is 11.8 Å². The molecule has 1 fully saturated rings. The van der Waals surface area contributed by atoms with Crippen molar-refractivity contribution in [2.45, 2.75) is 0 Å². The van der Waals surface area contributed by atoms with Crippen LogP contribution in [0.2, 0.25) is 0 Å². The van der Waals surface area contributed by atoms with Gasteiger partial charge in [0.05, 0.1) is 5.75 Å². The summed E-state index contributed by atoms with van der Waals surface area (Å²) in [5.41, 5.74) is 0. The first-order chi connectivity index (χ1) is 4.33. The van der Waals surface area contributed by atoms with Gasteiger partial charge in [-0.15, -0.1) is 4.99 Å². The quantitative estimate of drug-likeness (QED) is 0.313. The van der Waals surface area contributed by atoms with Crippen molar-refractivity contribution < 1.29 is 56.2 Å². The van der Waals surface area contributed by atoms with Gasteiger partial charge in [0, 0.05) is 0 Å². The third-order valence-electron chi connectivity index (χ3n) is 0.738. The van der Waals surface area contributed by atoms with E-state index < -0.39 is 0 Å². The number of carbonyl (C=O) groups is 1. The molecule has 0 radical (unpaired) electrons. The second-order valence-corrected chi connectivity index (χ2v) is 2.32. The smallest absolute Gasteiger partial charge is 0.304 e. The van der Waals surface area contributed by atoms with E-state index in [4.69, 9.17) is 5.26 Å². The molecule has 0 aromatic heterocycles. The third kappa shape index (κ3) is 3.14. The maximum absolute atomic E-state index is 10.4. The fourth-order valence-electron chi connectivity index (χ4n) is 0.431. The molecule has 1 amide bonds. The van der Waals surface area contributed by atoms with Crippen molar-refractivity contribution in [2.75, 3.05) is 5.75 Å². The predicted octanol–water partition coefficient (Wildman–Crippen LogP) is -3.31. The zero-order chi connectivity index (χ0) is 6.69. The fourth-order valence-corrected chi connectivity index (χ4v) is 1.06. The van der Waals surface area contributed by atoms with Crippen molar-refractivity contribution in [1.29, 1.82) is 5.26 Å². The zero-order valence-electron chi connectivity index (χ0n) is 5.42.